The predicted molar refractivity (Wildman–Crippen MR) is 42.1 cm³/mol. The molecule has 11 heavy (non-hydrogen) atoms. The molecule has 0 spiro atoms. The zero-order valence-electron chi connectivity index (χ0n) is 6.67. The maximum absolute atomic E-state index is 11.1. The standard InChI is InChI=1S/C9H12O2/c1-3-4-7-6(2)8(10)5-9(7)11/h3,6-7H,1,4-5H2,2H3. The molecule has 60 valence electrons. The molecule has 2 heteroatoms. The van der Waals surface area contributed by atoms with Gasteiger partial charge in [0, 0.05) is 11.8 Å². The number of carbonyl (C=O) groups is 2. The van der Waals surface area contributed by atoms with Gasteiger partial charge in [-0.2, -0.15) is 0 Å². The fraction of sp³-hybridized carbons (Fsp3) is 0.556. The molecule has 0 bridgehead atoms. The summed E-state index contributed by atoms with van der Waals surface area (Å²) in [5.74, 6) is 0.00440. The topological polar surface area (TPSA) is 34.1 Å². The van der Waals surface area contributed by atoms with Gasteiger partial charge in [0.1, 0.15) is 11.6 Å². The highest BCUT2D eigenvalue weighted by Gasteiger charge is 2.36. The molecule has 1 saturated carbocycles. The smallest absolute Gasteiger partial charge is 0.144 e. The Hall–Kier alpha value is -0.920. The van der Waals surface area contributed by atoms with Crippen LogP contribution in [0, 0.1) is 11.8 Å². The molecule has 0 aromatic heterocycles. The van der Waals surface area contributed by atoms with Gasteiger partial charge in [-0.3, -0.25) is 9.59 Å². The number of rotatable bonds is 2. The van der Waals surface area contributed by atoms with Crippen molar-refractivity contribution in [3.05, 3.63) is 12.7 Å². The first-order valence-corrected chi connectivity index (χ1v) is 3.83. The van der Waals surface area contributed by atoms with Gasteiger partial charge in [0.15, 0.2) is 0 Å². The zero-order chi connectivity index (χ0) is 8.43. The van der Waals surface area contributed by atoms with Gasteiger partial charge in [0.2, 0.25) is 0 Å². The van der Waals surface area contributed by atoms with Crippen LogP contribution < -0.4 is 0 Å². The number of hydrogen-bond donors (Lipinski definition) is 0. The molecule has 0 radical (unpaired) electrons. The van der Waals surface area contributed by atoms with E-state index < -0.39 is 0 Å². The number of carbonyl (C=O) groups excluding carboxylic acids is 2. The Morgan fingerprint density at radius 3 is 2.55 bits per heavy atom. The maximum Gasteiger partial charge on any atom is 0.144 e. The molecule has 0 aromatic carbocycles. The molecule has 2 unspecified atom stereocenters. The van der Waals surface area contributed by atoms with Gasteiger partial charge in [0.05, 0.1) is 6.42 Å². The van der Waals surface area contributed by atoms with E-state index in [1.54, 1.807) is 6.08 Å². The minimum atomic E-state index is -0.0833. The van der Waals surface area contributed by atoms with E-state index in [0.717, 1.165) is 0 Å². The van der Waals surface area contributed by atoms with Crippen LogP contribution in [-0.2, 0) is 9.59 Å². The molecular formula is C9H12O2. The van der Waals surface area contributed by atoms with Gasteiger partial charge in [0.25, 0.3) is 0 Å². The molecule has 1 aliphatic rings. The van der Waals surface area contributed by atoms with Crippen molar-refractivity contribution in [3.8, 4) is 0 Å². The Morgan fingerprint density at radius 2 is 2.18 bits per heavy atom. The van der Waals surface area contributed by atoms with E-state index >= 15 is 0 Å². The second kappa shape index (κ2) is 2.99. The molecule has 2 atom stereocenters. The van der Waals surface area contributed by atoms with Gasteiger partial charge in [-0.25, -0.2) is 0 Å². The summed E-state index contributed by atoms with van der Waals surface area (Å²) in [6.07, 6.45) is 2.49. The summed E-state index contributed by atoms with van der Waals surface area (Å²) in [6.45, 7) is 5.38. The third-order valence-corrected chi connectivity index (χ3v) is 2.29. The van der Waals surface area contributed by atoms with Crippen molar-refractivity contribution in [1.82, 2.24) is 0 Å². The van der Waals surface area contributed by atoms with Crippen LogP contribution in [0.2, 0.25) is 0 Å². The van der Waals surface area contributed by atoms with E-state index in [0.29, 0.717) is 6.42 Å². The lowest BCUT2D eigenvalue weighted by molar-refractivity contribution is -0.122. The number of allylic oxidation sites excluding steroid dienone is 1. The second-order valence-electron chi connectivity index (χ2n) is 3.03. The largest absolute Gasteiger partial charge is 0.299 e. The molecule has 0 aliphatic heterocycles. The van der Waals surface area contributed by atoms with E-state index in [1.165, 1.54) is 0 Å². The summed E-state index contributed by atoms with van der Waals surface area (Å²) in [5, 5.41) is 0. The van der Waals surface area contributed by atoms with Gasteiger partial charge in [-0.15, -0.1) is 6.58 Å². The van der Waals surface area contributed by atoms with E-state index in [9.17, 15) is 9.59 Å². The fourth-order valence-corrected chi connectivity index (χ4v) is 1.48. The first kappa shape index (κ1) is 8.18. The Morgan fingerprint density at radius 1 is 1.55 bits per heavy atom. The zero-order valence-corrected chi connectivity index (χ0v) is 6.67. The summed E-state index contributed by atoms with van der Waals surface area (Å²) in [5.41, 5.74) is 0. The Balaban J connectivity index is 2.70. The maximum atomic E-state index is 11.1. The van der Waals surface area contributed by atoms with E-state index in [4.69, 9.17) is 0 Å². The molecule has 0 heterocycles. The lowest BCUT2D eigenvalue weighted by atomic mass is 9.94. The second-order valence-corrected chi connectivity index (χ2v) is 3.03. The van der Waals surface area contributed by atoms with Crippen LogP contribution in [0.15, 0.2) is 12.7 Å². The van der Waals surface area contributed by atoms with Crippen LogP contribution in [0.5, 0.6) is 0 Å². The third kappa shape index (κ3) is 1.39. The van der Waals surface area contributed by atoms with Crippen molar-refractivity contribution >= 4 is 11.6 Å². The fourth-order valence-electron chi connectivity index (χ4n) is 1.48. The molecule has 2 nitrogen and oxygen atoms in total. The van der Waals surface area contributed by atoms with Crippen LogP contribution in [0.1, 0.15) is 19.8 Å². The minimum Gasteiger partial charge on any atom is -0.299 e. The third-order valence-electron chi connectivity index (χ3n) is 2.29. The molecule has 1 aliphatic carbocycles. The summed E-state index contributed by atoms with van der Waals surface area (Å²) < 4.78 is 0. The van der Waals surface area contributed by atoms with Crippen molar-refractivity contribution in [2.75, 3.05) is 0 Å². The number of ketones is 2. The summed E-state index contributed by atoms with van der Waals surface area (Å²) >= 11 is 0. The van der Waals surface area contributed by atoms with Gasteiger partial charge in [-0.05, 0) is 6.42 Å². The normalized spacial score (nSPS) is 31.0. The molecule has 1 fully saturated rings. The van der Waals surface area contributed by atoms with Crippen LogP contribution in [-0.4, -0.2) is 11.6 Å². The SMILES string of the molecule is C=CCC1C(=O)CC(=O)C1C. The summed E-state index contributed by atoms with van der Waals surface area (Å²) in [6, 6.07) is 0. The highest BCUT2D eigenvalue weighted by Crippen LogP contribution is 2.27. The van der Waals surface area contributed by atoms with Crippen LogP contribution in [0.3, 0.4) is 0 Å². The monoisotopic (exact) mass is 152 g/mol. The number of hydrogen-bond acceptors (Lipinski definition) is 2. The molecular weight excluding hydrogens is 140 g/mol. The molecule has 0 N–H and O–H groups in total. The summed E-state index contributed by atoms with van der Waals surface area (Å²) in [7, 11) is 0. The van der Waals surface area contributed by atoms with Crippen molar-refractivity contribution in [1.29, 1.82) is 0 Å². The van der Waals surface area contributed by atoms with Crippen LogP contribution in [0.25, 0.3) is 0 Å². The lowest BCUT2D eigenvalue weighted by Crippen LogP contribution is -2.13. The van der Waals surface area contributed by atoms with E-state index in [2.05, 4.69) is 6.58 Å². The molecule has 0 aromatic rings. The Bertz CT molecular complexity index is 206. The van der Waals surface area contributed by atoms with Crippen molar-refractivity contribution in [2.45, 2.75) is 19.8 Å². The molecule has 0 saturated heterocycles. The molecule has 1 rings (SSSR count). The quantitative estimate of drug-likeness (QED) is 0.442. The summed E-state index contributed by atoms with van der Waals surface area (Å²) in [4.78, 5) is 22.1. The van der Waals surface area contributed by atoms with Crippen molar-refractivity contribution in [2.24, 2.45) is 11.8 Å². The first-order chi connectivity index (χ1) is 5.16. The van der Waals surface area contributed by atoms with E-state index in [1.807, 2.05) is 6.92 Å². The van der Waals surface area contributed by atoms with Crippen LogP contribution >= 0.6 is 0 Å². The minimum absolute atomic E-state index is 0.0829. The number of Topliss-reactive ketones (excluding diaryl/α,β-unsaturated/α-hetero) is 2. The molecule has 0 amide bonds. The lowest BCUT2D eigenvalue weighted by Gasteiger charge is -2.08. The first-order valence-electron chi connectivity index (χ1n) is 3.83. The highest BCUT2D eigenvalue weighted by molar-refractivity contribution is 6.08. The van der Waals surface area contributed by atoms with Crippen molar-refractivity contribution < 1.29 is 9.59 Å². The van der Waals surface area contributed by atoms with Gasteiger partial charge in [-0.1, -0.05) is 13.0 Å². The van der Waals surface area contributed by atoms with Crippen molar-refractivity contribution in [3.63, 3.8) is 0 Å². The predicted octanol–water partition coefficient (Wildman–Crippen LogP) is 1.36. The average Bonchev–Trinajstić information content (AvgIpc) is 2.17. The van der Waals surface area contributed by atoms with E-state index in [-0.39, 0.29) is 29.8 Å². The Kier molecular flexibility index (Phi) is 2.22. The average molecular weight is 152 g/mol. The highest BCUT2D eigenvalue weighted by atomic mass is 16.2. The van der Waals surface area contributed by atoms with Gasteiger partial charge < -0.3 is 0 Å². The Labute approximate surface area is 66.3 Å². The van der Waals surface area contributed by atoms with Gasteiger partial charge >= 0.3 is 0 Å². The van der Waals surface area contributed by atoms with Crippen LogP contribution in [0.4, 0.5) is 0 Å².